The second-order valence-corrected chi connectivity index (χ2v) is 7.15. The Bertz CT molecular complexity index is 696. The highest BCUT2D eigenvalue weighted by molar-refractivity contribution is 8.00. The highest BCUT2D eigenvalue weighted by Gasteiger charge is 2.18. The van der Waals surface area contributed by atoms with Gasteiger partial charge in [0.05, 0.1) is 15.3 Å². The number of nitrogens with zero attached hydrogens (tertiary/aromatic N) is 3. The van der Waals surface area contributed by atoms with Crippen LogP contribution < -0.4 is 5.32 Å². The van der Waals surface area contributed by atoms with E-state index < -0.39 is 0 Å². The summed E-state index contributed by atoms with van der Waals surface area (Å²) in [7, 11) is 1.66. The number of thioether (sulfide) groups is 1. The number of aryl methyl sites for hydroxylation is 1. The van der Waals surface area contributed by atoms with Gasteiger partial charge in [0.2, 0.25) is 5.91 Å². The van der Waals surface area contributed by atoms with E-state index in [-0.39, 0.29) is 11.2 Å². The summed E-state index contributed by atoms with van der Waals surface area (Å²) in [5.74, 6) is -0.148. The van der Waals surface area contributed by atoms with Gasteiger partial charge in [-0.15, -0.1) is 10.2 Å². The summed E-state index contributed by atoms with van der Waals surface area (Å²) in [5.41, 5.74) is 0.600. The number of halogens is 2. The number of methoxy groups -OCH3 is 1. The minimum absolute atomic E-state index is 0.148. The summed E-state index contributed by atoms with van der Waals surface area (Å²) in [6.45, 7) is 3.21. The van der Waals surface area contributed by atoms with Gasteiger partial charge < -0.3 is 14.6 Å². The Morgan fingerprint density at radius 3 is 2.92 bits per heavy atom. The third-order valence-corrected chi connectivity index (χ3v) is 5.00. The minimum atomic E-state index is -0.343. The van der Waals surface area contributed by atoms with Gasteiger partial charge in [-0.1, -0.05) is 35.0 Å². The zero-order chi connectivity index (χ0) is 17.5. The predicted octanol–water partition coefficient (Wildman–Crippen LogP) is 3.74. The van der Waals surface area contributed by atoms with Gasteiger partial charge >= 0.3 is 0 Å². The van der Waals surface area contributed by atoms with Gasteiger partial charge in [0.25, 0.3) is 0 Å². The van der Waals surface area contributed by atoms with Crippen LogP contribution in [0.15, 0.2) is 29.7 Å². The molecule has 0 aliphatic heterocycles. The lowest BCUT2D eigenvalue weighted by molar-refractivity contribution is -0.115. The van der Waals surface area contributed by atoms with Crippen LogP contribution in [-0.2, 0) is 16.1 Å². The van der Waals surface area contributed by atoms with Crippen LogP contribution in [0, 0.1) is 0 Å². The van der Waals surface area contributed by atoms with Crippen LogP contribution in [0.4, 0.5) is 5.69 Å². The van der Waals surface area contributed by atoms with Gasteiger partial charge in [-0.25, -0.2) is 0 Å². The van der Waals surface area contributed by atoms with Crippen LogP contribution >= 0.6 is 35.0 Å². The number of hydrogen-bond donors (Lipinski definition) is 1. The number of amides is 1. The molecular formula is C15H18Cl2N4O2S. The summed E-state index contributed by atoms with van der Waals surface area (Å²) in [5, 5.41) is 12.0. The standard InChI is InChI=1S/C15H18Cl2N4O2S/c1-10(14(22)19-11-4-5-12(16)13(17)8-11)24-15-20-18-9-21(15)6-3-7-23-2/h4-5,8-10H,3,6-7H2,1-2H3,(H,19,22). The molecule has 6 nitrogen and oxygen atoms in total. The van der Waals surface area contributed by atoms with Crippen LogP contribution in [0.3, 0.4) is 0 Å². The third kappa shape index (κ3) is 5.37. The maximum Gasteiger partial charge on any atom is 0.237 e. The van der Waals surface area contributed by atoms with E-state index in [2.05, 4.69) is 15.5 Å². The van der Waals surface area contributed by atoms with Crippen molar-refractivity contribution in [2.24, 2.45) is 0 Å². The fraction of sp³-hybridized carbons (Fsp3) is 0.400. The second kappa shape index (κ2) is 9.27. The van der Waals surface area contributed by atoms with E-state index in [9.17, 15) is 4.79 Å². The molecule has 1 amide bonds. The van der Waals surface area contributed by atoms with E-state index in [0.29, 0.717) is 27.5 Å². The number of aromatic nitrogens is 3. The first-order chi connectivity index (χ1) is 11.5. The highest BCUT2D eigenvalue weighted by Crippen LogP contribution is 2.26. The fourth-order valence-electron chi connectivity index (χ4n) is 1.90. The smallest absolute Gasteiger partial charge is 0.237 e. The molecular weight excluding hydrogens is 371 g/mol. The van der Waals surface area contributed by atoms with Gasteiger partial charge in [0.15, 0.2) is 5.16 Å². The predicted molar refractivity (Wildman–Crippen MR) is 96.9 cm³/mol. The average Bonchev–Trinajstić information content (AvgIpc) is 2.98. The first-order valence-electron chi connectivity index (χ1n) is 7.30. The topological polar surface area (TPSA) is 69.0 Å². The number of benzene rings is 1. The van der Waals surface area contributed by atoms with E-state index >= 15 is 0 Å². The van der Waals surface area contributed by atoms with Gasteiger partial charge in [0.1, 0.15) is 6.33 Å². The molecule has 0 radical (unpaired) electrons. The maximum atomic E-state index is 12.3. The average molecular weight is 389 g/mol. The second-order valence-electron chi connectivity index (χ2n) is 5.03. The number of carbonyl (C=O) groups is 1. The maximum absolute atomic E-state index is 12.3. The zero-order valence-electron chi connectivity index (χ0n) is 13.3. The molecule has 2 aromatic rings. The van der Waals surface area contributed by atoms with Crippen LogP contribution in [0.25, 0.3) is 0 Å². The molecule has 0 bridgehead atoms. The Kier molecular flexibility index (Phi) is 7.36. The first-order valence-corrected chi connectivity index (χ1v) is 8.94. The van der Waals surface area contributed by atoms with E-state index in [0.717, 1.165) is 13.0 Å². The molecule has 130 valence electrons. The van der Waals surface area contributed by atoms with E-state index in [1.165, 1.54) is 11.8 Å². The molecule has 1 heterocycles. The zero-order valence-corrected chi connectivity index (χ0v) is 15.7. The van der Waals surface area contributed by atoms with Gasteiger partial charge in [0, 0.05) is 25.9 Å². The highest BCUT2D eigenvalue weighted by atomic mass is 35.5. The van der Waals surface area contributed by atoms with E-state index in [4.69, 9.17) is 27.9 Å². The van der Waals surface area contributed by atoms with Gasteiger partial charge in [-0.3, -0.25) is 4.79 Å². The molecule has 1 N–H and O–H groups in total. The van der Waals surface area contributed by atoms with Crippen LogP contribution in [0.1, 0.15) is 13.3 Å². The summed E-state index contributed by atoms with van der Waals surface area (Å²) in [6, 6.07) is 4.97. The summed E-state index contributed by atoms with van der Waals surface area (Å²) < 4.78 is 6.95. The van der Waals surface area contributed by atoms with Crippen molar-refractivity contribution in [3.05, 3.63) is 34.6 Å². The van der Waals surface area contributed by atoms with Crippen molar-refractivity contribution >= 4 is 46.6 Å². The van der Waals surface area contributed by atoms with Crippen LogP contribution in [0.5, 0.6) is 0 Å². The van der Waals surface area contributed by atoms with Gasteiger partial charge in [-0.2, -0.15) is 0 Å². The normalized spacial score (nSPS) is 12.2. The molecule has 1 aromatic heterocycles. The first kappa shape index (κ1) is 19.1. The molecule has 9 heteroatoms. The molecule has 0 fully saturated rings. The van der Waals surface area contributed by atoms with Crippen molar-refractivity contribution in [3.63, 3.8) is 0 Å². The summed E-state index contributed by atoms with van der Waals surface area (Å²) in [4.78, 5) is 12.3. The molecule has 0 spiro atoms. The van der Waals surface area contributed by atoms with Crippen molar-refractivity contribution < 1.29 is 9.53 Å². The summed E-state index contributed by atoms with van der Waals surface area (Å²) >= 11 is 13.2. The number of hydrogen-bond acceptors (Lipinski definition) is 5. The molecule has 2 rings (SSSR count). The lowest BCUT2D eigenvalue weighted by Gasteiger charge is -2.12. The molecule has 1 unspecified atom stereocenters. The van der Waals surface area contributed by atoms with Crippen molar-refractivity contribution in [3.8, 4) is 0 Å². The van der Waals surface area contributed by atoms with E-state index in [1.807, 2.05) is 11.5 Å². The van der Waals surface area contributed by atoms with Crippen molar-refractivity contribution in [2.75, 3.05) is 19.0 Å². The number of ether oxygens (including phenoxy) is 1. The molecule has 0 aliphatic carbocycles. The SMILES string of the molecule is COCCCn1cnnc1SC(C)C(=O)Nc1ccc(Cl)c(Cl)c1. The minimum Gasteiger partial charge on any atom is -0.385 e. The largest absolute Gasteiger partial charge is 0.385 e. The summed E-state index contributed by atoms with van der Waals surface area (Å²) in [6.07, 6.45) is 2.51. The quantitative estimate of drug-likeness (QED) is 0.550. The molecule has 1 atom stereocenters. The van der Waals surface area contributed by atoms with Gasteiger partial charge in [-0.05, 0) is 31.5 Å². The monoisotopic (exact) mass is 388 g/mol. The van der Waals surface area contributed by atoms with Crippen molar-refractivity contribution in [1.82, 2.24) is 14.8 Å². The fourth-order valence-corrected chi connectivity index (χ4v) is 3.05. The third-order valence-electron chi connectivity index (χ3n) is 3.17. The Morgan fingerprint density at radius 1 is 1.42 bits per heavy atom. The Hall–Kier alpha value is -1.28. The number of rotatable bonds is 8. The molecule has 0 saturated heterocycles. The molecule has 24 heavy (non-hydrogen) atoms. The number of carbonyl (C=O) groups excluding carboxylic acids is 1. The van der Waals surface area contributed by atoms with Crippen molar-refractivity contribution in [1.29, 1.82) is 0 Å². The van der Waals surface area contributed by atoms with Crippen molar-refractivity contribution in [2.45, 2.75) is 30.3 Å². The number of nitrogens with one attached hydrogen (secondary N) is 1. The van der Waals surface area contributed by atoms with Crippen LogP contribution in [0.2, 0.25) is 10.0 Å². The molecule has 0 aliphatic rings. The Morgan fingerprint density at radius 2 is 2.21 bits per heavy atom. The Balaban J connectivity index is 1.94. The number of anilines is 1. The van der Waals surface area contributed by atoms with Crippen LogP contribution in [-0.4, -0.2) is 39.6 Å². The van der Waals surface area contributed by atoms with E-state index in [1.54, 1.807) is 31.6 Å². The molecule has 0 saturated carbocycles. The lowest BCUT2D eigenvalue weighted by atomic mass is 10.3. The molecule has 1 aromatic carbocycles. The lowest BCUT2D eigenvalue weighted by Crippen LogP contribution is -2.23. The Labute approximate surface area is 154 Å².